The predicted octanol–water partition coefficient (Wildman–Crippen LogP) is 1.86. The van der Waals surface area contributed by atoms with Crippen LogP contribution in [0.3, 0.4) is 0 Å². The van der Waals surface area contributed by atoms with E-state index in [0.29, 0.717) is 31.9 Å². The fourth-order valence-corrected chi connectivity index (χ4v) is 2.61. The van der Waals surface area contributed by atoms with Crippen LogP contribution in [0.4, 0.5) is 19.1 Å². The maximum absolute atomic E-state index is 12.9. The van der Waals surface area contributed by atoms with Crippen LogP contribution >= 0.6 is 0 Å². The Labute approximate surface area is 147 Å². The molecule has 0 spiro atoms. The summed E-state index contributed by atoms with van der Waals surface area (Å²) in [6.45, 7) is 4.63. The molecule has 26 heavy (non-hydrogen) atoms. The first-order valence-corrected chi connectivity index (χ1v) is 8.00. The fraction of sp³-hybridized carbons (Fsp3) is 0.438. The Bertz CT molecular complexity index is 801. The van der Waals surface area contributed by atoms with E-state index in [1.54, 1.807) is 16.7 Å². The van der Waals surface area contributed by atoms with Gasteiger partial charge in [0.2, 0.25) is 5.95 Å². The Morgan fingerprint density at radius 2 is 1.69 bits per heavy atom. The molecule has 0 unspecified atom stereocenters. The Balaban J connectivity index is 1.70. The summed E-state index contributed by atoms with van der Waals surface area (Å²) >= 11 is 0. The summed E-state index contributed by atoms with van der Waals surface area (Å²) in [6.07, 6.45) is -1.59. The third-order valence-electron chi connectivity index (χ3n) is 3.98. The molecule has 2 aromatic rings. The highest BCUT2D eigenvalue weighted by atomic mass is 19.4. The number of alkyl halides is 3. The minimum atomic E-state index is -4.52. The van der Waals surface area contributed by atoms with Crippen LogP contribution in [-0.4, -0.2) is 56.9 Å². The average molecular weight is 366 g/mol. The second kappa shape index (κ2) is 6.85. The SMILES string of the molecule is Cc1cnc(C(=O)N2CCN(c3nc(C)cc(C(F)(F)F)n3)CC2)cn1. The van der Waals surface area contributed by atoms with E-state index in [2.05, 4.69) is 19.9 Å². The zero-order chi connectivity index (χ0) is 18.9. The average Bonchev–Trinajstić information content (AvgIpc) is 2.61. The molecule has 138 valence electrons. The lowest BCUT2D eigenvalue weighted by Gasteiger charge is -2.34. The summed E-state index contributed by atoms with van der Waals surface area (Å²) in [5.74, 6) is -0.224. The number of aromatic nitrogens is 4. The standard InChI is InChI=1S/C16H17F3N6O/c1-10-7-13(16(17,18)19)23-15(22-10)25-5-3-24(4-6-25)14(26)12-9-20-11(2)8-21-12/h7-9H,3-6H2,1-2H3. The molecular weight excluding hydrogens is 349 g/mol. The molecule has 3 heterocycles. The van der Waals surface area contributed by atoms with Crippen LogP contribution in [0.2, 0.25) is 0 Å². The number of anilines is 1. The van der Waals surface area contributed by atoms with Crippen molar-refractivity contribution in [3.05, 3.63) is 41.2 Å². The number of amides is 1. The molecule has 1 amide bonds. The lowest BCUT2D eigenvalue weighted by molar-refractivity contribution is -0.141. The molecule has 7 nitrogen and oxygen atoms in total. The Hall–Kier alpha value is -2.78. The number of hydrogen-bond acceptors (Lipinski definition) is 6. The van der Waals surface area contributed by atoms with Gasteiger partial charge in [0.25, 0.3) is 5.91 Å². The van der Waals surface area contributed by atoms with Crippen LogP contribution in [-0.2, 0) is 6.18 Å². The summed E-state index contributed by atoms with van der Waals surface area (Å²) in [5, 5.41) is 0. The van der Waals surface area contributed by atoms with Gasteiger partial charge in [-0.2, -0.15) is 13.2 Å². The van der Waals surface area contributed by atoms with Gasteiger partial charge in [-0.3, -0.25) is 9.78 Å². The monoisotopic (exact) mass is 366 g/mol. The van der Waals surface area contributed by atoms with Gasteiger partial charge in [-0.1, -0.05) is 0 Å². The Morgan fingerprint density at radius 1 is 1.00 bits per heavy atom. The maximum atomic E-state index is 12.9. The minimum absolute atomic E-state index is 0.0274. The van der Waals surface area contributed by atoms with Gasteiger partial charge in [0.15, 0.2) is 0 Å². The van der Waals surface area contributed by atoms with Gasteiger partial charge < -0.3 is 9.80 Å². The van der Waals surface area contributed by atoms with Crippen molar-refractivity contribution >= 4 is 11.9 Å². The zero-order valence-electron chi connectivity index (χ0n) is 14.3. The van der Waals surface area contributed by atoms with Gasteiger partial charge in [0, 0.05) is 38.1 Å². The van der Waals surface area contributed by atoms with E-state index in [1.165, 1.54) is 19.3 Å². The van der Waals surface area contributed by atoms with Gasteiger partial charge in [-0.05, 0) is 19.9 Å². The number of halogens is 3. The molecular formula is C16H17F3N6O. The third-order valence-corrected chi connectivity index (χ3v) is 3.98. The van der Waals surface area contributed by atoms with Crippen molar-refractivity contribution in [3.8, 4) is 0 Å². The molecule has 0 saturated carbocycles. The number of carbonyl (C=O) groups excluding carboxylic acids is 1. The first kappa shape index (κ1) is 18.0. The highest BCUT2D eigenvalue weighted by Crippen LogP contribution is 2.29. The maximum Gasteiger partial charge on any atom is 0.433 e. The van der Waals surface area contributed by atoms with Crippen LogP contribution in [0.15, 0.2) is 18.5 Å². The van der Waals surface area contributed by atoms with Gasteiger partial charge in [-0.15, -0.1) is 0 Å². The molecule has 0 aromatic carbocycles. The number of hydrogen-bond donors (Lipinski definition) is 0. The van der Waals surface area contributed by atoms with Crippen molar-refractivity contribution in [3.63, 3.8) is 0 Å². The fourth-order valence-electron chi connectivity index (χ4n) is 2.61. The van der Waals surface area contributed by atoms with Gasteiger partial charge in [-0.25, -0.2) is 15.0 Å². The largest absolute Gasteiger partial charge is 0.433 e. The summed E-state index contributed by atoms with van der Waals surface area (Å²) < 4.78 is 38.8. The van der Waals surface area contributed by atoms with E-state index in [0.717, 1.165) is 6.07 Å². The summed E-state index contributed by atoms with van der Waals surface area (Å²) in [6, 6.07) is 0.916. The Morgan fingerprint density at radius 3 is 2.27 bits per heavy atom. The van der Waals surface area contributed by atoms with Crippen LogP contribution in [0.25, 0.3) is 0 Å². The van der Waals surface area contributed by atoms with Crippen molar-refractivity contribution in [2.75, 3.05) is 31.1 Å². The summed E-state index contributed by atoms with van der Waals surface area (Å²) in [7, 11) is 0. The molecule has 1 fully saturated rings. The quantitative estimate of drug-likeness (QED) is 0.808. The Kier molecular flexibility index (Phi) is 4.75. The zero-order valence-corrected chi connectivity index (χ0v) is 14.3. The smallest absolute Gasteiger partial charge is 0.337 e. The van der Waals surface area contributed by atoms with Crippen molar-refractivity contribution in [1.29, 1.82) is 0 Å². The van der Waals surface area contributed by atoms with Crippen molar-refractivity contribution < 1.29 is 18.0 Å². The number of nitrogens with zero attached hydrogens (tertiary/aromatic N) is 6. The molecule has 10 heteroatoms. The molecule has 2 aromatic heterocycles. The van der Waals surface area contributed by atoms with Crippen molar-refractivity contribution in [2.24, 2.45) is 0 Å². The molecule has 0 aliphatic carbocycles. The topological polar surface area (TPSA) is 75.1 Å². The first-order valence-electron chi connectivity index (χ1n) is 8.00. The van der Waals surface area contributed by atoms with E-state index >= 15 is 0 Å². The van der Waals surface area contributed by atoms with E-state index in [-0.39, 0.29) is 23.2 Å². The first-order chi connectivity index (χ1) is 12.2. The van der Waals surface area contributed by atoms with Crippen molar-refractivity contribution in [1.82, 2.24) is 24.8 Å². The molecule has 3 rings (SSSR count). The van der Waals surface area contributed by atoms with Gasteiger partial charge in [0.05, 0.1) is 11.9 Å². The second-order valence-corrected chi connectivity index (χ2v) is 6.01. The molecule has 1 aliphatic rings. The predicted molar refractivity (Wildman–Crippen MR) is 86.7 cm³/mol. The van der Waals surface area contributed by atoms with Crippen molar-refractivity contribution in [2.45, 2.75) is 20.0 Å². The van der Waals surface area contributed by atoms with Crippen LogP contribution in [0.1, 0.15) is 27.6 Å². The second-order valence-electron chi connectivity index (χ2n) is 6.01. The van der Waals surface area contributed by atoms with Crippen LogP contribution < -0.4 is 4.90 Å². The summed E-state index contributed by atoms with van der Waals surface area (Å²) in [5.41, 5.74) is 0.239. The van der Waals surface area contributed by atoms with E-state index < -0.39 is 11.9 Å². The molecule has 0 atom stereocenters. The van der Waals surface area contributed by atoms with Crippen LogP contribution in [0, 0.1) is 13.8 Å². The van der Waals surface area contributed by atoms with E-state index in [1.807, 2.05) is 0 Å². The summed E-state index contributed by atoms with van der Waals surface area (Å²) in [4.78, 5) is 31.5. The third kappa shape index (κ3) is 3.89. The lowest BCUT2D eigenvalue weighted by atomic mass is 10.2. The number of carbonyl (C=O) groups is 1. The van der Waals surface area contributed by atoms with Gasteiger partial charge >= 0.3 is 6.18 Å². The highest BCUT2D eigenvalue weighted by Gasteiger charge is 2.34. The normalized spacial score (nSPS) is 15.3. The number of aryl methyl sites for hydroxylation is 2. The molecule has 1 saturated heterocycles. The minimum Gasteiger partial charge on any atom is -0.337 e. The highest BCUT2D eigenvalue weighted by molar-refractivity contribution is 5.92. The van der Waals surface area contributed by atoms with E-state index in [4.69, 9.17) is 0 Å². The molecule has 0 bridgehead atoms. The molecule has 1 aliphatic heterocycles. The number of rotatable bonds is 2. The molecule has 0 radical (unpaired) electrons. The lowest BCUT2D eigenvalue weighted by Crippen LogP contribution is -2.49. The van der Waals surface area contributed by atoms with Crippen LogP contribution in [0.5, 0.6) is 0 Å². The van der Waals surface area contributed by atoms with Gasteiger partial charge in [0.1, 0.15) is 11.4 Å². The van der Waals surface area contributed by atoms with E-state index in [9.17, 15) is 18.0 Å². The number of piperazine rings is 1. The molecule has 0 N–H and O–H groups in total.